The Hall–Kier alpha value is -4.80. The Morgan fingerprint density at radius 1 is 0.979 bits per heavy atom. The van der Waals surface area contributed by atoms with Crippen LogP contribution in [0.5, 0.6) is 5.75 Å². The highest BCUT2D eigenvalue weighted by Crippen LogP contribution is 2.63. The van der Waals surface area contributed by atoms with Crippen molar-refractivity contribution in [2.45, 2.75) is 61.7 Å². The summed E-state index contributed by atoms with van der Waals surface area (Å²) in [6, 6.07) is 21.4. The zero-order valence-electron chi connectivity index (χ0n) is 25.9. The number of piperidine rings is 1. The molecule has 8 rings (SSSR count). The molecule has 4 aromatic rings. The Morgan fingerprint density at radius 3 is 2.55 bits per heavy atom. The lowest BCUT2D eigenvalue weighted by Crippen LogP contribution is -2.76. The molecule has 1 spiro atoms. The van der Waals surface area contributed by atoms with E-state index in [1.165, 1.54) is 11.8 Å². The van der Waals surface area contributed by atoms with Crippen molar-refractivity contribution in [1.82, 2.24) is 20.2 Å². The maximum atomic E-state index is 13.6. The Labute approximate surface area is 270 Å². The molecule has 4 atom stereocenters. The number of benzene rings is 3. The number of aromatic amines is 2. The van der Waals surface area contributed by atoms with E-state index in [0.29, 0.717) is 54.7 Å². The number of hydrogen-bond donors (Lipinski definition) is 4. The molecule has 10 heteroatoms. The molecule has 2 aliphatic carbocycles. The highest BCUT2D eigenvalue weighted by molar-refractivity contribution is 5.99. The monoisotopic (exact) mass is 632 g/mol. The van der Waals surface area contributed by atoms with E-state index in [9.17, 15) is 24.3 Å². The fourth-order valence-electron chi connectivity index (χ4n) is 8.68. The van der Waals surface area contributed by atoms with E-state index in [-0.39, 0.29) is 24.2 Å². The van der Waals surface area contributed by atoms with Gasteiger partial charge in [-0.25, -0.2) is 4.79 Å². The van der Waals surface area contributed by atoms with Crippen LogP contribution in [-0.4, -0.2) is 69.0 Å². The zero-order chi connectivity index (χ0) is 32.3. The molecule has 2 aliphatic heterocycles. The number of aromatic nitrogens is 2. The normalized spacial score (nSPS) is 25.6. The number of H-pyrrole nitrogens is 2. The van der Waals surface area contributed by atoms with Gasteiger partial charge in [-0.2, -0.15) is 0 Å². The van der Waals surface area contributed by atoms with Crippen molar-refractivity contribution in [3.8, 4) is 16.9 Å². The molecule has 1 amide bonds. The average molecular weight is 633 g/mol. The summed E-state index contributed by atoms with van der Waals surface area (Å²) >= 11 is 0. The van der Waals surface area contributed by atoms with Crippen LogP contribution in [0.3, 0.4) is 0 Å². The first-order chi connectivity index (χ1) is 22.8. The van der Waals surface area contributed by atoms with Crippen LogP contribution in [0.1, 0.15) is 51.9 Å². The van der Waals surface area contributed by atoms with Crippen LogP contribution in [0.25, 0.3) is 11.1 Å². The summed E-state index contributed by atoms with van der Waals surface area (Å²) in [5.74, 6) is 0.159. The highest BCUT2D eigenvalue weighted by atomic mass is 16.5. The first-order valence-electron chi connectivity index (χ1n) is 16.3. The Bertz CT molecular complexity index is 2000. The summed E-state index contributed by atoms with van der Waals surface area (Å²) in [6.45, 7) is 1.94. The number of nitrogens with zero attached hydrogens (tertiary/aromatic N) is 1. The summed E-state index contributed by atoms with van der Waals surface area (Å²) in [6.07, 6.45) is 3.92. The summed E-state index contributed by atoms with van der Waals surface area (Å²) in [5.41, 5.74) is 2.56. The number of ketones is 1. The third kappa shape index (κ3) is 4.61. The van der Waals surface area contributed by atoms with E-state index < -0.39 is 28.4 Å². The van der Waals surface area contributed by atoms with Gasteiger partial charge in [0.2, 0.25) is 0 Å². The van der Waals surface area contributed by atoms with Gasteiger partial charge in [-0.05, 0) is 67.0 Å². The Balaban J connectivity index is 1.02. The molecule has 2 fully saturated rings. The van der Waals surface area contributed by atoms with Crippen LogP contribution in [0.15, 0.2) is 82.5 Å². The van der Waals surface area contributed by atoms with Crippen LogP contribution in [0.4, 0.5) is 0 Å². The first kappa shape index (κ1) is 29.6. The number of carbonyl (C=O) groups is 2. The smallest absolute Gasteiger partial charge is 0.325 e. The highest BCUT2D eigenvalue weighted by Gasteiger charge is 2.73. The van der Waals surface area contributed by atoms with Crippen molar-refractivity contribution in [1.29, 1.82) is 0 Å². The molecule has 0 radical (unpaired) electrons. The number of carbonyl (C=O) groups excluding carboxylic acids is 2. The quantitative estimate of drug-likeness (QED) is 0.234. The minimum absolute atomic E-state index is 0.00568. The molecule has 1 unspecified atom stereocenters. The van der Waals surface area contributed by atoms with Gasteiger partial charge in [-0.1, -0.05) is 60.7 Å². The van der Waals surface area contributed by atoms with Gasteiger partial charge in [0.05, 0.1) is 22.1 Å². The number of ether oxygens (including phenoxy) is 1. The predicted molar refractivity (Wildman–Crippen MR) is 175 cm³/mol. The van der Waals surface area contributed by atoms with Gasteiger partial charge < -0.3 is 20.1 Å². The van der Waals surface area contributed by atoms with Gasteiger partial charge in [-0.15, -0.1) is 0 Å². The lowest BCUT2D eigenvalue weighted by atomic mass is 9.49. The van der Waals surface area contributed by atoms with Gasteiger partial charge in [0, 0.05) is 37.3 Å². The third-order valence-electron chi connectivity index (χ3n) is 10.9. The van der Waals surface area contributed by atoms with E-state index in [1.54, 1.807) is 18.2 Å². The van der Waals surface area contributed by atoms with E-state index in [4.69, 9.17) is 4.74 Å². The lowest BCUT2D eigenvalue weighted by molar-refractivity contribution is -0.188. The van der Waals surface area contributed by atoms with Crippen molar-refractivity contribution >= 4 is 11.7 Å². The topological polar surface area (TPSA) is 145 Å². The Morgan fingerprint density at radius 2 is 1.77 bits per heavy atom. The second kappa shape index (κ2) is 11.2. The maximum Gasteiger partial charge on any atom is 0.325 e. The molecule has 2 bridgehead atoms. The maximum absolute atomic E-state index is 13.6. The molecule has 3 heterocycles. The van der Waals surface area contributed by atoms with Crippen molar-refractivity contribution in [3.63, 3.8) is 0 Å². The lowest BCUT2D eigenvalue weighted by Gasteiger charge is -2.62. The zero-order valence-corrected chi connectivity index (χ0v) is 25.9. The van der Waals surface area contributed by atoms with Crippen molar-refractivity contribution < 1.29 is 19.4 Å². The van der Waals surface area contributed by atoms with Gasteiger partial charge in [-0.3, -0.25) is 24.3 Å². The second-order valence-corrected chi connectivity index (χ2v) is 13.3. The molecule has 10 nitrogen and oxygen atoms in total. The third-order valence-corrected chi connectivity index (χ3v) is 10.9. The van der Waals surface area contributed by atoms with Gasteiger partial charge in [0.15, 0.2) is 11.9 Å². The molecule has 1 aromatic heterocycles. The molecule has 3 aromatic carbocycles. The molecule has 47 heavy (non-hydrogen) atoms. The fraction of sp³-hybridized carbons (Fsp3) is 0.351. The molecule has 4 N–H and O–H groups in total. The number of rotatable bonds is 8. The number of amides is 1. The van der Waals surface area contributed by atoms with Gasteiger partial charge >= 0.3 is 5.69 Å². The summed E-state index contributed by atoms with van der Waals surface area (Å²) < 4.78 is 6.47. The van der Waals surface area contributed by atoms with Crippen LogP contribution >= 0.6 is 0 Å². The molecule has 4 aliphatic rings. The minimum atomic E-state index is -1.13. The largest absolute Gasteiger partial charge is 0.480 e. The number of Topliss-reactive ketones (excluding diaryl/α,β-unsaturated/α-hetero) is 1. The van der Waals surface area contributed by atoms with Crippen molar-refractivity contribution in [3.05, 3.63) is 122 Å². The van der Waals surface area contributed by atoms with Crippen LogP contribution in [0.2, 0.25) is 0 Å². The SMILES string of the molecule is O=C(NCCc1ccc(-c2c[nH]c(=O)[nH]c2=O)cc1)c1ccc2c3c1OC1C(=O)CC[C@@]4(O)[C@@H](C2)N(CCc2ccccc2)CC[C@]314. The molecular weight excluding hydrogens is 596 g/mol. The molecule has 1 saturated carbocycles. The van der Waals surface area contributed by atoms with Crippen LogP contribution in [-0.2, 0) is 29.5 Å². The number of nitrogens with one attached hydrogen (secondary N) is 3. The van der Waals surface area contributed by atoms with E-state index in [1.807, 2.05) is 36.4 Å². The van der Waals surface area contributed by atoms with Crippen molar-refractivity contribution in [2.24, 2.45) is 0 Å². The average Bonchev–Trinajstić information content (AvgIpc) is 3.43. The number of likely N-dealkylation sites (tertiary alicyclic amines) is 1. The summed E-state index contributed by atoms with van der Waals surface area (Å²) in [5, 5.41) is 15.6. The Kier molecular flexibility index (Phi) is 7.03. The first-order valence-corrected chi connectivity index (χ1v) is 16.3. The van der Waals surface area contributed by atoms with E-state index in [0.717, 1.165) is 36.2 Å². The summed E-state index contributed by atoms with van der Waals surface area (Å²) in [7, 11) is 0. The predicted octanol–water partition coefficient (Wildman–Crippen LogP) is 2.67. The van der Waals surface area contributed by atoms with E-state index >= 15 is 0 Å². The van der Waals surface area contributed by atoms with Gasteiger partial charge in [0.25, 0.3) is 11.5 Å². The summed E-state index contributed by atoms with van der Waals surface area (Å²) in [4.78, 5) is 57.6. The van der Waals surface area contributed by atoms with Crippen molar-refractivity contribution in [2.75, 3.05) is 19.6 Å². The number of aliphatic hydroxyl groups is 1. The fourth-order valence-corrected chi connectivity index (χ4v) is 8.68. The van der Waals surface area contributed by atoms with Crippen LogP contribution < -0.4 is 21.3 Å². The molecule has 1 saturated heterocycles. The molecule has 240 valence electrons. The number of hydrogen-bond acceptors (Lipinski definition) is 7. The minimum Gasteiger partial charge on any atom is -0.480 e. The second-order valence-electron chi connectivity index (χ2n) is 13.3. The standard InChI is InChI=1S/C37H36N4O6/c42-28-12-15-37(46)29-20-25-10-11-26(33(43)38-17-13-23-6-8-24(9-7-23)27-21-39-35(45)40-34(27)44)31-30(25)36(37,32(28)47-31)16-19-41(29)18-14-22-4-2-1-3-5-22/h1-11,21,29,32,46H,12-20H2,(H,38,43)(H2,39,40,44,45)/t29-,32?,36+,37-/m1/s1. The molecular formula is C37H36N4O6. The van der Waals surface area contributed by atoms with Crippen LogP contribution in [0, 0.1) is 0 Å². The van der Waals surface area contributed by atoms with E-state index in [2.05, 4.69) is 32.3 Å². The van der Waals surface area contributed by atoms with Gasteiger partial charge in [0.1, 0.15) is 5.75 Å².